The summed E-state index contributed by atoms with van der Waals surface area (Å²) < 4.78 is 37.2. The number of para-hydroxylation sites is 1. The first-order chi connectivity index (χ1) is 10.9. The molecule has 0 saturated carbocycles. The van der Waals surface area contributed by atoms with Crippen LogP contribution in [0.5, 0.6) is 11.5 Å². The Bertz CT molecular complexity index is 792. The van der Waals surface area contributed by atoms with Gasteiger partial charge in [-0.3, -0.25) is 0 Å². The van der Waals surface area contributed by atoms with Gasteiger partial charge in [-0.05, 0) is 18.2 Å². The summed E-state index contributed by atoms with van der Waals surface area (Å²) in [5, 5.41) is 0.192. The van der Waals surface area contributed by atoms with E-state index in [-0.39, 0.29) is 16.5 Å². The number of methoxy groups -OCH3 is 2. The van der Waals surface area contributed by atoms with Gasteiger partial charge in [0.1, 0.15) is 4.90 Å². The average molecular weight is 356 g/mol. The maximum absolute atomic E-state index is 12.7. The highest BCUT2D eigenvalue weighted by molar-refractivity contribution is 7.89. The number of hydrogen-bond donors (Lipinski definition) is 0. The molecule has 0 N–H and O–H groups in total. The van der Waals surface area contributed by atoms with Gasteiger partial charge >= 0.3 is 0 Å². The molecule has 0 radical (unpaired) electrons. The molecule has 0 aliphatic rings. The van der Waals surface area contributed by atoms with Crippen molar-refractivity contribution >= 4 is 21.6 Å². The Labute approximate surface area is 141 Å². The first-order valence-electron chi connectivity index (χ1n) is 6.82. The number of ether oxygens (including phenoxy) is 2. The van der Waals surface area contributed by atoms with E-state index in [2.05, 4.69) is 0 Å². The van der Waals surface area contributed by atoms with Crippen molar-refractivity contribution in [3.05, 3.63) is 53.1 Å². The predicted octanol–water partition coefficient (Wildman–Crippen LogP) is 3.18. The molecule has 0 aromatic heterocycles. The van der Waals surface area contributed by atoms with E-state index in [0.717, 1.165) is 0 Å². The van der Waals surface area contributed by atoms with Crippen LogP contribution < -0.4 is 9.47 Å². The molecule has 2 aromatic carbocycles. The minimum absolute atomic E-state index is 0.0750. The summed E-state index contributed by atoms with van der Waals surface area (Å²) in [6, 6.07) is 11.7. The van der Waals surface area contributed by atoms with Crippen molar-refractivity contribution in [3.8, 4) is 11.5 Å². The average Bonchev–Trinajstić information content (AvgIpc) is 2.54. The van der Waals surface area contributed by atoms with Crippen molar-refractivity contribution in [2.45, 2.75) is 11.4 Å². The van der Waals surface area contributed by atoms with Crippen LogP contribution in [0.3, 0.4) is 0 Å². The lowest BCUT2D eigenvalue weighted by Crippen LogP contribution is -2.27. The third-order valence-electron chi connectivity index (χ3n) is 3.40. The molecule has 0 aliphatic heterocycles. The van der Waals surface area contributed by atoms with Crippen LogP contribution in [-0.4, -0.2) is 34.0 Å². The summed E-state index contributed by atoms with van der Waals surface area (Å²) in [6.45, 7) is 0.133. The number of halogens is 1. The number of benzene rings is 2. The van der Waals surface area contributed by atoms with Crippen LogP contribution >= 0.6 is 11.6 Å². The van der Waals surface area contributed by atoms with E-state index >= 15 is 0 Å². The molecule has 0 spiro atoms. The van der Waals surface area contributed by atoms with E-state index in [1.807, 2.05) is 0 Å². The zero-order chi connectivity index (χ0) is 17.0. The Balaban J connectivity index is 2.36. The molecule has 2 rings (SSSR count). The van der Waals surface area contributed by atoms with Gasteiger partial charge in [0.2, 0.25) is 10.0 Å². The van der Waals surface area contributed by atoms with Crippen molar-refractivity contribution in [3.63, 3.8) is 0 Å². The van der Waals surface area contributed by atoms with Gasteiger partial charge in [0.05, 0.1) is 19.2 Å². The SMILES string of the molecule is COc1cccc(CN(C)S(=O)(=O)c2ccccc2Cl)c1OC. The Morgan fingerprint density at radius 1 is 1.04 bits per heavy atom. The second kappa shape index (κ2) is 7.21. The quantitative estimate of drug-likeness (QED) is 0.798. The zero-order valence-electron chi connectivity index (χ0n) is 13.1. The Hall–Kier alpha value is -1.76. The second-order valence-corrected chi connectivity index (χ2v) is 7.26. The summed E-state index contributed by atoms with van der Waals surface area (Å²) in [5.41, 5.74) is 0.699. The molecule has 0 aliphatic carbocycles. The minimum atomic E-state index is -3.71. The highest BCUT2D eigenvalue weighted by Gasteiger charge is 2.24. The summed E-state index contributed by atoms with van der Waals surface area (Å²) in [4.78, 5) is 0.0750. The first kappa shape index (κ1) is 17.6. The maximum Gasteiger partial charge on any atom is 0.244 e. The fraction of sp³-hybridized carbons (Fsp3) is 0.250. The van der Waals surface area contributed by atoms with E-state index in [0.29, 0.717) is 17.1 Å². The predicted molar refractivity (Wildman–Crippen MR) is 89.7 cm³/mol. The molecule has 0 amide bonds. The molecule has 23 heavy (non-hydrogen) atoms. The third-order valence-corrected chi connectivity index (χ3v) is 5.71. The lowest BCUT2D eigenvalue weighted by atomic mass is 10.2. The number of rotatable bonds is 6. The van der Waals surface area contributed by atoms with E-state index in [9.17, 15) is 8.42 Å². The molecule has 5 nitrogen and oxygen atoms in total. The fourth-order valence-corrected chi connectivity index (χ4v) is 3.86. The van der Waals surface area contributed by atoms with Gasteiger partial charge in [-0.1, -0.05) is 35.9 Å². The van der Waals surface area contributed by atoms with Gasteiger partial charge in [0, 0.05) is 19.2 Å². The van der Waals surface area contributed by atoms with Gasteiger partial charge in [0.25, 0.3) is 0 Å². The first-order valence-corrected chi connectivity index (χ1v) is 8.64. The smallest absolute Gasteiger partial charge is 0.244 e. The van der Waals surface area contributed by atoms with Crippen LogP contribution in [0.4, 0.5) is 0 Å². The summed E-state index contributed by atoms with van der Waals surface area (Å²) in [6.07, 6.45) is 0. The molecule has 0 unspecified atom stereocenters. The molecular formula is C16H18ClNO4S. The molecule has 2 aromatic rings. The Morgan fingerprint density at radius 3 is 2.35 bits per heavy atom. The molecule has 0 atom stereocenters. The topological polar surface area (TPSA) is 55.8 Å². The van der Waals surface area contributed by atoms with Crippen LogP contribution in [0.25, 0.3) is 0 Å². The van der Waals surface area contributed by atoms with E-state index < -0.39 is 10.0 Å². The molecule has 7 heteroatoms. The fourth-order valence-electron chi connectivity index (χ4n) is 2.22. The standard InChI is InChI=1S/C16H18ClNO4S/c1-18(23(19,20)15-10-5-4-8-13(15)17)11-12-7-6-9-14(21-2)16(12)22-3/h4-10H,11H2,1-3H3. The number of sulfonamides is 1. The third kappa shape index (κ3) is 3.60. The highest BCUT2D eigenvalue weighted by Crippen LogP contribution is 2.32. The van der Waals surface area contributed by atoms with E-state index in [1.165, 1.54) is 31.6 Å². The minimum Gasteiger partial charge on any atom is -0.493 e. The van der Waals surface area contributed by atoms with Crippen LogP contribution in [0.15, 0.2) is 47.4 Å². The summed E-state index contributed by atoms with van der Waals surface area (Å²) in [7, 11) is 0.842. The van der Waals surface area contributed by atoms with E-state index in [1.54, 1.807) is 36.4 Å². The number of nitrogens with zero attached hydrogens (tertiary/aromatic N) is 1. The van der Waals surface area contributed by atoms with Crippen molar-refractivity contribution in [2.24, 2.45) is 0 Å². The Morgan fingerprint density at radius 2 is 1.74 bits per heavy atom. The van der Waals surface area contributed by atoms with Gasteiger partial charge in [-0.15, -0.1) is 0 Å². The largest absolute Gasteiger partial charge is 0.493 e. The van der Waals surface area contributed by atoms with Crippen LogP contribution in [0.2, 0.25) is 5.02 Å². The van der Waals surface area contributed by atoms with Gasteiger partial charge in [-0.25, -0.2) is 8.42 Å². The second-order valence-electron chi connectivity index (χ2n) is 4.84. The molecule has 124 valence electrons. The lowest BCUT2D eigenvalue weighted by Gasteiger charge is -2.20. The van der Waals surface area contributed by atoms with Crippen LogP contribution in [0, 0.1) is 0 Å². The number of hydrogen-bond acceptors (Lipinski definition) is 4. The van der Waals surface area contributed by atoms with Crippen molar-refractivity contribution in [2.75, 3.05) is 21.3 Å². The molecular weight excluding hydrogens is 338 g/mol. The Kier molecular flexibility index (Phi) is 5.51. The zero-order valence-corrected chi connectivity index (χ0v) is 14.7. The van der Waals surface area contributed by atoms with Crippen molar-refractivity contribution in [1.82, 2.24) is 4.31 Å². The summed E-state index contributed by atoms with van der Waals surface area (Å²) in [5.74, 6) is 1.06. The van der Waals surface area contributed by atoms with Crippen molar-refractivity contribution < 1.29 is 17.9 Å². The molecule has 0 bridgehead atoms. The molecule has 0 fully saturated rings. The van der Waals surface area contributed by atoms with Gasteiger partial charge in [-0.2, -0.15) is 4.31 Å². The highest BCUT2D eigenvalue weighted by atomic mass is 35.5. The van der Waals surface area contributed by atoms with Gasteiger partial charge < -0.3 is 9.47 Å². The summed E-state index contributed by atoms with van der Waals surface area (Å²) >= 11 is 6.01. The lowest BCUT2D eigenvalue weighted by molar-refractivity contribution is 0.347. The van der Waals surface area contributed by atoms with Crippen molar-refractivity contribution in [1.29, 1.82) is 0 Å². The molecule has 0 saturated heterocycles. The normalized spacial score (nSPS) is 11.5. The van der Waals surface area contributed by atoms with Gasteiger partial charge in [0.15, 0.2) is 11.5 Å². The van der Waals surface area contributed by atoms with Crippen LogP contribution in [0.1, 0.15) is 5.56 Å². The van der Waals surface area contributed by atoms with Crippen LogP contribution in [-0.2, 0) is 16.6 Å². The maximum atomic E-state index is 12.7. The molecule has 0 heterocycles. The monoisotopic (exact) mass is 355 g/mol. The van der Waals surface area contributed by atoms with E-state index in [4.69, 9.17) is 21.1 Å².